The van der Waals surface area contributed by atoms with E-state index in [1.807, 2.05) is 0 Å². The summed E-state index contributed by atoms with van der Waals surface area (Å²) in [5, 5.41) is 0. The van der Waals surface area contributed by atoms with Crippen molar-refractivity contribution in [2.75, 3.05) is 0 Å². The Morgan fingerprint density at radius 3 is 2.04 bits per heavy atom. The molecule has 0 aliphatic rings. The minimum absolute atomic E-state index is 0.0298. The van der Waals surface area contributed by atoms with Crippen molar-refractivity contribution in [1.82, 2.24) is 4.98 Å². The molecule has 0 aliphatic carbocycles. The third-order valence-electron chi connectivity index (χ3n) is 5.01. The number of rotatable bonds is 4. The molecule has 2 aromatic carbocycles. The van der Waals surface area contributed by atoms with Gasteiger partial charge in [0.25, 0.3) is 0 Å². The van der Waals surface area contributed by atoms with Crippen LogP contribution in [0.2, 0.25) is 17.3 Å². The van der Waals surface area contributed by atoms with Crippen LogP contribution in [-0.2, 0) is 5.41 Å². The summed E-state index contributed by atoms with van der Waals surface area (Å²) in [6.45, 7) is 4.57. The zero-order valence-electron chi connectivity index (χ0n) is 15.9. The number of hydrogen-bond donors (Lipinski definition) is 0. The van der Waals surface area contributed by atoms with Gasteiger partial charge in [-0.3, -0.25) is 0 Å². The van der Waals surface area contributed by atoms with Crippen molar-refractivity contribution in [3.05, 3.63) is 84.1 Å². The first kappa shape index (κ1) is 17.9. The molecule has 0 N–H and O–H groups in total. The normalized spacial score (nSPS) is 12.2. The molecule has 3 aromatic rings. The fourth-order valence-electron chi connectivity index (χ4n) is 3.10. The first-order valence-corrected chi connectivity index (χ1v) is 16.3. The van der Waals surface area contributed by atoms with Gasteiger partial charge in [0, 0.05) is 0 Å². The van der Waals surface area contributed by atoms with Crippen molar-refractivity contribution in [3.8, 4) is 11.3 Å². The topological polar surface area (TPSA) is 12.9 Å². The van der Waals surface area contributed by atoms with Crippen molar-refractivity contribution in [3.63, 3.8) is 0 Å². The van der Waals surface area contributed by atoms with E-state index >= 15 is 0 Å². The summed E-state index contributed by atoms with van der Waals surface area (Å²) in [5.74, 6) is 7.21. The van der Waals surface area contributed by atoms with Crippen molar-refractivity contribution in [2.24, 2.45) is 0 Å². The fourth-order valence-corrected chi connectivity index (χ4v) is 5.27. The van der Waals surface area contributed by atoms with Crippen molar-refractivity contribution >= 4 is 17.7 Å². The summed E-state index contributed by atoms with van der Waals surface area (Å²) in [7, 11) is 0. The van der Waals surface area contributed by atoms with Gasteiger partial charge in [0.15, 0.2) is 0 Å². The number of pyridine rings is 1. The van der Waals surface area contributed by atoms with Gasteiger partial charge in [-0.25, -0.2) is 0 Å². The summed E-state index contributed by atoms with van der Waals surface area (Å²) >= 11 is -1.81. The van der Waals surface area contributed by atoms with Gasteiger partial charge in [0.05, 0.1) is 0 Å². The molecule has 0 spiro atoms. The van der Waals surface area contributed by atoms with Crippen LogP contribution in [0.1, 0.15) is 25.0 Å². The third-order valence-corrected chi connectivity index (χ3v) is 9.26. The molecule has 1 nitrogen and oxygen atoms in total. The van der Waals surface area contributed by atoms with E-state index in [0.717, 1.165) is 5.69 Å². The van der Waals surface area contributed by atoms with E-state index in [0.29, 0.717) is 0 Å². The van der Waals surface area contributed by atoms with E-state index in [1.165, 1.54) is 21.1 Å². The second-order valence-electron chi connectivity index (χ2n) is 8.25. The second kappa shape index (κ2) is 6.80. The second-order valence-corrected chi connectivity index (χ2v) is 18.9. The van der Waals surface area contributed by atoms with Gasteiger partial charge in [0.2, 0.25) is 0 Å². The summed E-state index contributed by atoms with van der Waals surface area (Å²) < 4.78 is 1.45. The predicted octanol–water partition coefficient (Wildman–Crippen LogP) is 5.62. The van der Waals surface area contributed by atoms with Gasteiger partial charge in [-0.15, -0.1) is 0 Å². The third kappa shape index (κ3) is 3.87. The molecule has 0 bridgehead atoms. The molecule has 0 radical (unpaired) electrons. The summed E-state index contributed by atoms with van der Waals surface area (Å²) in [4.78, 5) is 4.76. The van der Waals surface area contributed by atoms with Gasteiger partial charge in [0.1, 0.15) is 0 Å². The number of hydrogen-bond acceptors (Lipinski definition) is 1. The van der Waals surface area contributed by atoms with Gasteiger partial charge in [-0.2, -0.15) is 0 Å². The van der Waals surface area contributed by atoms with E-state index in [4.69, 9.17) is 4.98 Å². The molecule has 3 rings (SSSR count). The maximum absolute atomic E-state index is 4.76. The van der Waals surface area contributed by atoms with E-state index in [-0.39, 0.29) is 5.41 Å². The Kier molecular flexibility index (Phi) is 4.88. The number of benzene rings is 2. The van der Waals surface area contributed by atoms with Crippen LogP contribution in [-0.4, -0.2) is 18.3 Å². The van der Waals surface area contributed by atoms with Gasteiger partial charge in [-0.05, 0) is 0 Å². The molecule has 2 heteroatoms. The van der Waals surface area contributed by atoms with Crippen LogP contribution >= 0.6 is 0 Å². The Bertz CT molecular complexity index is 843. The Morgan fingerprint density at radius 1 is 0.760 bits per heavy atom. The van der Waals surface area contributed by atoms with E-state index in [1.54, 1.807) is 0 Å². The van der Waals surface area contributed by atoms with E-state index in [9.17, 15) is 0 Å². The van der Waals surface area contributed by atoms with Crippen LogP contribution in [0.3, 0.4) is 0 Å². The van der Waals surface area contributed by atoms with Crippen molar-refractivity contribution in [1.29, 1.82) is 0 Å². The Morgan fingerprint density at radius 2 is 1.44 bits per heavy atom. The average Bonchev–Trinajstić information content (AvgIpc) is 2.62. The molecule has 128 valence electrons. The van der Waals surface area contributed by atoms with E-state index < -0.39 is 13.3 Å². The summed E-state index contributed by atoms with van der Waals surface area (Å²) in [6, 6.07) is 24.0. The number of nitrogens with zero attached hydrogens (tertiary/aromatic N) is 1. The van der Waals surface area contributed by atoms with Gasteiger partial charge in [-0.1, -0.05) is 0 Å². The van der Waals surface area contributed by atoms with Crippen LogP contribution in [0.5, 0.6) is 0 Å². The quantitative estimate of drug-likeness (QED) is 0.527. The monoisotopic (exact) mass is 391 g/mol. The molecule has 0 atom stereocenters. The zero-order chi connectivity index (χ0) is 18.1. The fraction of sp³-hybridized carbons (Fsp3) is 0.261. The summed E-state index contributed by atoms with van der Waals surface area (Å²) in [6.07, 6.45) is 2.09. The molecule has 0 aliphatic heterocycles. The molecule has 0 saturated carbocycles. The molecule has 1 aromatic heterocycles. The Balaban J connectivity index is 1.97. The molecule has 0 fully saturated rings. The van der Waals surface area contributed by atoms with Crippen LogP contribution in [0, 0.1) is 0 Å². The van der Waals surface area contributed by atoms with Crippen LogP contribution < -0.4 is 4.40 Å². The first-order chi connectivity index (χ1) is 11.8. The van der Waals surface area contributed by atoms with Crippen molar-refractivity contribution in [2.45, 2.75) is 36.5 Å². The van der Waals surface area contributed by atoms with Crippen LogP contribution in [0.15, 0.2) is 72.9 Å². The minimum atomic E-state index is -1.81. The standard InChI is InChI=1S/C23H27GeN/c1-23(2,19-11-7-6-8-12-19)20-13-9-10-18(16-20)22-15-14-21(17-25-22)24(3,4)5/h6-17H,1-5H3. The SMILES string of the molecule is CC(C)(c1ccccc1)c1cccc(-c2cc[c]([Ge]([CH3])([CH3])[CH3])cn2)c1. The first-order valence-electron chi connectivity index (χ1n) is 8.91. The zero-order valence-corrected chi connectivity index (χ0v) is 18.0. The van der Waals surface area contributed by atoms with Gasteiger partial charge < -0.3 is 0 Å². The molecule has 0 amide bonds. The molecular weight excluding hydrogens is 363 g/mol. The van der Waals surface area contributed by atoms with E-state index in [2.05, 4.69) is 104 Å². The van der Waals surface area contributed by atoms with Crippen molar-refractivity contribution < 1.29 is 0 Å². The van der Waals surface area contributed by atoms with Gasteiger partial charge >= 0.3 is 154 Å². The molecule has 25 heavy (non-hydrogen) atoms. The molecular formula is C23H27GeN. The summed E-state index contributed by atoms with van der Waals surface area (Å²) in [5.41, 5.74) is 4.86. The molecule has 0 unspecified atom stereocenters. The van der Waals surface area contributed by atoms with Crippen LogP contribution in [0.25, 0.3) is 11.3 Å². The molecule has 1 heterocycles. The number of aromatic nitrogens is 1. The van der Waals surface area contributed by atoms with Crippen LogP contribution in [0.4, 0.5) is 0 Å². The Hall–Kier alpha value is -1.87. The Labute approximate surface area is 154 Å². The average molecular weight is 390 g/mol. The molecule has 0 saturated heterocycles. The predicted molar refractivity (Wildman–Crippen MR) is 111 cm³/mol. The maximum atomic E-state index is 4.76.